The van der Waals surface area contributed by atoms with E-state index in [0.717, 1.165) is 82.9 Å². The van der Waals surface area contributed by atoms with Crippen LogP contribution in [0.4, 0.5) is 0 Å². The van der Waals surface area contributed by atoms with Gasteiger partial charge in [0.05, 0.1) is 0 Å². The summed E-state index contributed by atoms with van der Waals surface area (Å²) in [5.41, 5.74) is 13.1. The van der Waals surface area contributed by atoms with Gasteiger partial charge in [-0.15, -0.1) is 71.3 Å². The van der Waals surface area contributed by atoms with E-state index in [4.69, 9.17) is 8.83 Å². The van der Waals surface area contributed by atoms with Crippen molar-refractivity contribution in [1.29, 1.82) is 0 Å². The van der Waals surface area contributed by atoms with Gasteiger partial charge in [-0.25, -0.2) is 0 Å². The number of aryl methyl sites for hydroxylation is 3. The van der Waals surface area contributed by atoms with Gasteiger partial charge in [-0.3, -0.25) is 0 Å². The third-order valence-electron chi connectivity index (χ3n) is 9.62. The molecular formula is C47H32IrN2O2-2. The Hall–Kier alpha value is -5.87. The van der Waals surface area contributed by atoms with Crippen molar-refractivity contribution < 1.29 is 28.9 Å². The van der Waals surface area contributed by atoms with Crippen molar-refractivity contribution in [2.45, 2.75) is 20.8 Å². The summed E-state index contributed by atoms with van der Waals surface area (Å²) in [6.07, 6.45) is 3.79. The van der Waals surface area contributed by atoms with Gasteiger partial charge in [0, 0.05) is 65.7 Å². The van der Waals surface area contributed by atoms with Crippen molar-refractivity contribution in [2.24, 2.45) is 0 Å². The first kappa shape index (κ1) is 33.3. The van der Waals surface area contributed by atoms with Crippen LogP contribution in [0.15, 0.2) is 149 Å². The standard InChI is InChI=1S/C33H18NO2.C14H14N.Ir/c1-2-8-20(9-3-1)26-17-23(14-15-34-26)31-32-24-12-6-7-13-27(24)35-29(32)19-30-33(31)25-16-21-10-4-5-11-22(21)18-28(25)36-30;1-10-4-6-13(7-5-10)14-8-11(2)12(3)9-15-14;/h1-8,10-19H;4-6,8-9H,1-3H3;/q2*-1;. The summed E-state index contributed by atoms with van der Waals surface area (Å²) in [5, 5.41) is 6.70. The molecule has 0 bridgehead atoms. The van der Waals surface area contributed by atoms with E-state index in [-0.39, 0.29) is 20.1 Å². The summed E-state index contributed by atoms with van der Waals surface area (Å²) in [4.78, 5) is 9.07. The third-order valence-corrected chi connectivity index (χ3v) is 9.62. The number of hydrogen-bond donors (Lipinski definition) is 0. The topological polar surface area (TPSA) is 52.1 Å². The SMILES string of the molecule is Cc1c[c-]c(-c2cc(C)c(C)cn2)cc1.[Ir].[c-]1ccccc1-c1cc(-c2c3c(cc4oc5cc6ccccc6cc5c24)oc2ccccc23)ccn1. The van der Waals surface area contributed by atoms with Gasteiger partial charge in [0.15, 0.2) is 0 Å². The first-order valence-electron chi connectivity index (χ1n) is 17.0. The number of rotatable bonds is 3. The van der Waals surface area contributed by atoms with Crippen molar-refractivity contribution in [2.75, 3.05) is 0 Å². The Balaban J connectivity index is 0.000000205. The third kappa shape index (κ3) is 5.98. The molecular weight excluding hydrogens is 817 g/mol. The summed E-state index contributed by atoms with van der Waals surface area (Å²) in [6.45, 7) is 6.24. The average molecular weight is 849 g/mol. The zero-order valence-electron chi connectivity index (χ0n) is 28.8. The maximum atomic E-state index is 6.46. The predicted octanol–water partition coefficient (Wildman–Crippen LogP) is 12.6. The van der Waals surface area contributed by atoms with E-state index in [1.165, 1.54) is 22.1 Å². The summed E-state index contributed by atoms with van der Waals surface area (Å²) in [5.74, 6) is 0. The first-order chi connectivity index (χ1) is 25.0. The molecule has 10 aromatic rings. The zero-order chi connectivity index (χ0) is 34.5. The van der Waals surface area contributed by atoms with E-state index in [1.54, 1.807) is 0 Å². The van der Waals surface area contributed by atoms with E-state index in [2.05, 4.69) is 122 Å². The Labute approximate surface area is 315 Å². The van der Waals surface area contributed by atoms with Crippen LogP contribution in [0, 0.1) is 32.9 Å². The van der Waals surface area contributed by atoms with Gasteiger partial charge in [0.2, 0.25) is 0 Å². The maximum Gasteiger partial charge on any atom is 0.139 e. The van der Waals surface area contributed by atoms with Crippen LogP contribution in [0.5, 0.6) is 0 Å². The minimum Gasteiger partial charge on any atom is -0.456 e. The Kier molecular flexibility index (Phi) is 8.76. The molecule has 0 atom stereocenters. The summed E-state index contributed by atoms with van der Waals surface area (Å²) < 4.78 is 12.8. The molecule has 0 aliphatic carbocycles. The van der Waals surface area contributed by atoms with Crippen LogP contribution in [0.1, 0.15) is 16.7 Å². The Bertz CT molecular complexity index is 2890. The number of nitrogens with zero attached hydrogens (tertiary/aromatic N) is 2. The Morgan fingerprint density at radius 3 is 2.02 bits per heavy atom. The summed E-state index contributed by atoms with van der Waals surface area (Å²) >= 11 is 0. The number of benzene rings is 6. The van der Waals surface area contributed by atoms with Gasteiger partial charge in [-0.05, 0) is 71.4 Å². The second kappa shape index (κ2) is 13.7. The van der Waals surface area contributed by atoms with Crippen LogP contribution in [0.2, 0.25) is 0 Å². The molecule has 0 saturated heterocycles. The quantitative estimate of drug-likeness (QED) is 0.166. The van der Waals surface area contributed by atoms with Crippen molar-refractivity contribution >= 4 is 54.6 Å². The fourth-order valence-electron chi connectivity index (χ4n) is 6.84. The largest absolute Gasteiger partial charge is 0.456 e. The zero-order valence-corrected chi connectivity index (χ0v) is 31.2. The molecule has 4 nitrogen and oxygen atoms in total. The number of pyridine rings is 2. The van der Waals surface area contributed by atoms with Gasteiger partial charge < -0.3 is 18.8 Å². The molecule has 0 fully saturated rings. The number of para-hydroxylation sites is 1. The number of hydrogen-bond acceptors (Lipinski definition) is 4. The van der Waals surface area contributed by atoms with E-state index >= 15 is 0 Å². The molecule has 0 saturated carbocycles. The fraction of sp³-hybridized carbons (Fsp3) is 0.0638. The molecule has 5 heteroatoms. The van der Waals surface area contributed by atoms with Crippen LogP contribution in [-0.4, -0.2) is 9.97 Å². The van der Waals surface area contributed by atoms with Crippen LogP contribution in [0.25, 0.3) is 88.3 Å². The van der Waals surface area contributed by atoms with E-state index < -0.39 is 0 Å². The summed E-state index contributed by atoms with van der Waals surface area (Å²) in [7, 11) is 0. The smallest absolute Gasteiger partial charge is 0.139 e. The van der Waals surface area contributed by atoms with E-state index in [1.807, 2.05) is 60.9 Å². The molecule has 1 radical (unpaired) electrons. The molecule has 10 rings (SSSR count). The van der Waals surface area contributed by atoms with Gasteiger partial charge in [-0.2, -0.15) is 0 Å². The molecule has 0 aliphatic heterocycles. The van der Waals surface area contributed by atoms with Crippen molar-refractivity contribution in [1.82, 2.24) is 9.97 Å². The molecule has 52 heavy (non-hydrogen) atoms. The Morgan fingerprint density at radius 1 is 0.538 bits per heavy atom. The molecule has 0 unspecified atom stereocenters. The van der Waals surface area contributed by atoms with Gasteiger partial charge >= 0.3 is 0 Å². The van der Waals surface area contributed by atoms with Crippen LogP contribution >= 0.6 is 0 Å². The number of furan rings is 2. The minimum absolute atomic E-state index is 0. The van der Waals surface area contributed by atoms with E-state index in [0.29, 0.717) is 0 Å². The van der Waals surface area contributed by atoms with Crippen molar-refractivity contribution in [3.05, 3.63) is 169 Å². The van der Waals surface area contributed by atoms with Gasteiger partial charge in [0.25, 0.3) is 0 Å². The number of aromatic nitrogens is 2. The van der Waals surface area contributed by atoms with Crippen LogP contribution < -0.4 is 0 Å². The van der Waals surface area contributed by atoms with Gasteiger partial charge in [-0.1, -0.05) is 67.1 Å². The first-order valence-corrected chi connectivity index (χ1v) is 17.0. The second-order valence-corrected chi connectivity index (χ2v) is 13.0. The molecule has 4 aromatic heterocycles. The Morgan fingerprint density at radius 2 is 1.25 bits per heavy atom. The molecule has 253 valence electrons. The predicted molar refractivity (Wildman–Crippen MR) is 209 cm³/mol. The van der Waals surface area contributed by atoms with Crippen LogP contribution in [0.3, 0.4) is 0 Å². The van der Waals surface area contributed by atoms with Gasteiger partial charge in [0.1, 0.15) is 22.3 Å². The maximum absolute atomic E-state index is 6.46. The molecule has 6 aromatic carbocycles. The molecule has 4 heterocycles. The number of fused-ring (bicyclic) bond motifs is 7. The summed E-state index contributed by atoms with van der Waals surface area (Å²) in [6, 6.07) is 49.9. The van der Waals surface area contributed by atoms with E-state index in [9.17, 15) is 0 Å². The fourth-order valence-corrected chi connectivity index (χ4v) is 6.84. The van der Waals surface area contributed by atoms with Crippen molar-refractivity contribution in [3.8, 4) is 33.6 Å². The average Bonchev–Trinajstić information content (AvgIpc) is 3.72. The minimum atomic E-state index is 0. The van der Waals surface area contributed by atoms with Crippen LogP contribution in [-0.2, 0) is 20.1 Å². The second-order valence-electron chi connectivity index (χ2n) is 13.0. The van der Waals surface area contributed by atoms with Crippen molar-refractivity contribution in [3.63, 3.8) is 0 Å². The monoisotopic (exact) mass is 849 g/mol. The molecule has 0 aliphatic rings. The normalized spacial score (nSPS) is 11.2. The molecule has 0 spiro atoms. The molecule has 0 N–H and O–H groups in total. The molecule has 0 amide bonds.